The molecule has 3 N–H and O–H groups in total. The van der Waals surface area contributed by atoms with Gasteiger partial charge in [-0.2, -0.15) is 5.10 Å². The lowest BCUT2D eigenvalue weighted by atomic mass is 9.87. The van der Waals surface area contributed by atoms with Gasteiger partial charge in [-0.25, -0.2) is 14.6 Å². The van der Waals surface area contributed by atoms with E-state index in [1.54, 1.807) is 19.5 Å². The summed E-state index contributed by atoms with van der Waals surface area (Å²) in [4.78, 5) is 22.9. The molecule has 4 aromatic rings. The predicted molar refractivity (Wildman–Crippen MR) is 161 cm³/mol. The van der Waals surface area contributed by atoms with Crippen molar-refractivity contribution in [1.29, 1.82) is 0 Å². The third-order valence-corrected chi connectivity index (χ3v) is 8.74. The van der Waals surface area contributed by atoms with Gasteiger partial charge in [0.1, 0.15) is 16.9 Å². The molecular formula is C30H37N7O3S. The van der Waals surface area contributed by atoms with E-state index in [0.717, 1.165) is 90.4 Å². The molecule has 1 aliphatic carbocycles. The van der Waals surface area contributed by atoms with Gasteiger partial charge in [0.25, 0.3) is 0 Å². The maximum atomic E-state index is 12.8. The van der Waals surface area contributed by atoms with Crippen molar-refractivity contribution in [3.63, 3.8) is 0 Å². The molecule has 1 saturated heterocycles. The number of hydrogen-bond acceptors (Lipinski definition) is 9. The second kappa shape index (κ2) is 12.4. The number of aromatic nitrogens is 4. The van der Waals surface area contributed by atoms with E-state index in [4.69, 9.17) is 19.6 Å². The van der Waals surface area contributed by atoms with Crippen molar-refractivity contribution in [2.45, 2.75) is 64.1 Å². The number of rotatable bonds is 9. The number of carbonyl (C=O) groups excluding carboxylic acids is 1. The lowest BCUT2D eigenvalue weighted by molar-refractivity contribution is -0.121. The fourth-order valence-electron chi connectivity index (χ4n) is 5.69. The van der Waals surface area contributed by atoms with Crippen LogP contribution >= 0.6 is 11.3 Å². The summed E-state index contributed by atoms with van der Waals surface area (Å²) in [7, 11) is 1.67. The summed E-state index contributed by atoms with van der Waals surface area (Å²) in [6.07, 6.45) is 9.02. The van der Waals surface area contributed by atoms with E-state index in [-0.39, 0.29) is 17.9 Å². The fraction of sp³-hybridized carbons (Fsp3) is 0.467. The number of nitrogens with zero attached hydrogens (tertiary/aromatic N) is 4. The molecule has 1 atom stereocenters. The third-order valence-electron chi connectivity index (χ3n) is 7.91. The van der Waals surface area contributed by atoms with Crippen molar-refractivity contribution in [2.24, 2.45) is 5.92 Å². The molecule has 1 aliphatic heterocycles. The van der Waals surface area contributed by atoms with Gasteiger partial charge in [-0.05, 0) is 75.8 Å². The Labute approximate surface area is 243 Å². The lowest BCUT2D eigenvalue weighted by Crippen LogP contribution is -2.38. The second-order valence-electron chi connectivity index (χ2n) is 10.9. The minimum Gasteiger partial charge on any atom is -0.497 e. The molecule has 1 amide bonds. The van der Waals surface area contributed by atoms with Crippen LogP contribution < -0.4 is 25.4 Å². The number of ether oxygens (including phenoxy) is 2. The molecule has 41 heavy (non-hydrogen) atoms. The minimum atomic E-state index is -0.0280. The SMILES string of the molecule is COc1ccc(Cn2nc(N[C@@H]3CCCNC3)c3c(OC4CCC(C(=O)Nc5ncc(C)s5)CC4)ccnc32)cc1. The van der Waals surface area contributed by atoms with Crippen molar-refractivity contribution in [3.05, 3.63) is 53.2 Å². The standard InChI is InChI=1S/C30H37N7O3S/c1-19-16-33-30(41-19)35-29(38)21-7-11-24(12-8-21)40-25-13-15-32-28-26(25)27(34-22-4-3-14-31-17-22)36-37(28)18-20-5-9-23(39-2)10-6-20/h5-6,9-10,13,15-16,21-22,24,31H,3-4,7-8,11-12,14,17-18H2,1-2H3,(H,34,36)(H,33,35,38)/t21?,22-,24?/m1/s1. The van der Waals surface area contributed by atoms with Gasteiger partial charge >= 0.3 is 0 Å². The number of hydrogen-bond donors (Lipinski definition) is 3. The van der Waals surface area contributed by atoms with E-state index in [1.807, 2.05) is 29.8 Å². The van der Waals surface area contributed by atoms with Crippen molar-refractivity contribution < 1.29 is 14.3 Å². The highest BCUT2D eigenvalue weighted by Gasteiger charge is 2.29. The van der Waals surface area contributed by atoms with Gasteiger partial charge in [-0.3, -0.25) is 4.79 Å². The molecule has 4 heterocycles. The van der Waals surface area contributed by atoms with Crippen molar-refractivity contribution >= 4 is 39.2 Å². The zero-order valence-corrected chi connectivity index (χ0v) is 24.4. The fourth-order valence-corrected chi connectivity index (χ4v) is 6.36. The normalized spacial score (nSPS) is 21.0. The van der Waals surface area contributed by atoms with Gasteiger partial charge in [0.05, 0.1) is 19.8 Å². The van der Waals surface area contributed by atoms with Gasteiger partial charge in [-0.1, -0.05) is 12.1 Å². The lowest BCUT2D eigenvalue weighted by Gasteiger charge is -2.28. The smallest absolute Gasteiger partial charge is 0.229 e. The number of pyridine rings is 1. The topological polar surface area (TPSA) is 115 Å². The minimum absolute atomic E-state index is 0.0280. The molecule has 216 valence electrons. The van der Waals surface area contributed by atoms with Crippen LogP contribution in [0.25, 0.3) is 11.0 Å². The van der Waals surface area contributed by atoms with Crippen LogP contribution in [-0.2, 0) is 11.3 Å². The average molecular weight is 576 g/mol. The van der Waals surface area contributed by atoms with Crippen molar-refractivity contribution in [1.82, 2.24) is 25.1 Å². The van der Waals surface area contributed by atoms with Crippen LogP contribution in [0.15, 0.2) is 42.7 Å². The molecule has 1 saturated carbocycles. The van der Waals surface area contributed by atoms with Gasteiger partial charge < -0.3 is 25.4 Å². The van der Waals surface area contributed by atoms with Crippen LogP contribution in [0.5, 0.6) is 11.5 Å². The molecule has 11 heteroatoms. The van der Waals surface area contributed by atoms with Crippen LogP contribution in [0, 0.1) is 12.8 Å². The monoisotopic (exact) mass is 575 g/mol. The number of thiazole rings is 1. The summed E-state index contributed by atoms with van der Waals surface area (Å²) in [6.45, 7) is 4.52. The molecule has 10 nitrogen and oxygen atoms in total. The molecule has 0 unspecified atom stereocenters. The van der Waals surface area contributed by atoms with Crippen LogP contribution in [0.4, 0.5) is 10.9 Å². The van der Waals surface area contributed by atoms with E-state index in [9.17, 15) is 4.79 Å². The molecule has 0 radical (unpaired) electrons. The Morgan fingerprint density at radius 1 is 1.12 bits per heavy atom. The molecule has 2 aliphatic rings. The Hall–Kier alpha value is -3.70. The number of amides is 1. The quantitative estimate of drug-likeness (QED) is 0.256. The molecule has 0 spiro atoms. The molecular weight excluding hydrogens is 538 g/mol. The van der Waals surface area contributed by atoms with Gasteiger partial charge in [0, 0.05) is 35.8 Å². The number of methoxy groups -OCH3 is 1. The third kappa shape index (κ3) is 6.46. The number of fused-ring (bicyclic) bond motifs is 1. The first-order valence-electron chi connectivity index (χ1n) is 14.4. The summed E-state index contributed by atoms with van der Waals surface area (Å²) in [6, 6.07) is 10.3. The molecule has 6 rings (SSSR count). The summed E-state index contributed by atoms with van der Waals surface area (Å²) in [5.74, 6) is 2.44. The second-order valence-corrected chi connectivity index (χ2v) is 12.1. The zero-order valence-electron chi connectivity index (χ0n) is 23.6. The molecule has 2 fully saturated rings. The first-order valence-corrected chi connectivity index (χ1v) is 15.2. The van der Waals surface area contributed by atoms with Crippen LogP contribution in [-0.4, -0.2) is 58.0 Å². The molecule has 3 aromatic heterocycles. The highest BCUT2D eigenvalue weighted by atomic mass is 32.1. The number of aryl methyl sites for hydroxylation is 1. The number of anilines is 2. The first-order chi connectivity index (χ1) is 20.1. The number of carbonyl (C=O) groups is 1. The first kappa shape index (κ1) is 27.5. The van der Waals surface area contributed by atoms with Crippen molar-refractivity contribution in [3.8, 4) is 11.5 Å². The largest absolute Gasteiger partial charge is 0.497 e. The van der Waals surface area contributed by atoms with E-state index in [0.29, 0.717) is 17.7 Å². The summed E-state index contributed by atoms with van der Waals surface area (Å²) < 4.78 is 13.9. The highest BCUT2D eigenvalue weighted by Crippen LogP contribution is 2.36. The van der Waals surface area contributed by atoms with E-state index < -0.39 is 0 Å². The average Bonchev–Trinajstić information content (AvgIpc) is 3.57. The predicted octanol–water partition coefficient (Wildman–Crippen LogP) is 4.99. The number of piperidine rings is 1. The maximum absolute atomic E-state index is 12.8. The van der Waals surface area contributed by atoms with Crippen LogP contribution in [0.1, 0.15) is 49.0 Å². The van der Waals surface area contributed by atoms with Gasteiger partial charge in [-0.15, -0.1) is 11.3 Å². The number of nitrogens with one attached hydrogen (secondary N) is 3. The zero-order chi connectivity index (χ0) is 28.2. The van der Waals surface area contributed by atoms with Crippen molar-refractivity contribution in [2.75, 3.05) is 30.8 Å². The van der Waals surface area contributed by atoms with Crippen LogP contribution in [0.3, 0.4) is 0 Å². The highest BCUT2D eigenvalue weighted by molar-refractivity contribution is 7.15. The van der Waals surface area contributed by atoms with E-state index in [2.05, 4.69) is 33.1 Å². The van der Waals surface area contributed by atoms with Gasteiger partial charge in [0.15, 0.2) is 16.6 Å². The molecule has 0 bridgehead atoms. The van der Waals surface area contributed by atoms with E-state index in [1.165, 1.54) is 11.3 Å². The molecule has 1 aromatic carbocycles. The Balaban J connectivity index is 1.19. The van der Waals surface area contributed by atoms with Gasteiger partial charge in [0.2, 0.25) is 5.91 Å². The summed E-state index contributed by atoms with van der Waals surface area (Å²) in [5.41, 5.74) is 1.90. The summed E-state index contributed by atoms with van der Waals surface area (Å²) >= 11 is 1.50. The maximum Gasteiger partial charge on any atom is 0.229 e. The Morgan fingerprint density at radius 2 is 1.95 bits per heavy atom. The number of benzene rings is 1. The Kier molecular flexibility index (Phi) is 8.33. The Bertz CT molecular complexity index is 1470. The Morgan fingerprint density at radius 3 is 2.66 bits per heavy atom. The van der Waals surface area contributed by atoms with E-state index >= 15 is 0 Å². The van der Waals surface area contributed by atoms with Crippen LogP contribution in [0.2, 0.25) is 0 Å². The summed E-state index contributed by atoms with van der Waals surface area (Å²) in [5, 5.41) is 16.7.